The summed E-state index contributed by atoms with van der Waals surface area (Å²) in [7, 11) is -1.39. The van der Waals surface area contributed by atoms with Gasteiger partial charge in [0.25, 0.3) is 0 Å². The molecule has 0 amide bonds. The molecule has 2 aromatic carbocycles. The van der Waals surface area contributed by atoms with Crippen molar-refractivity contribution < 1.29 is 13.3 Å². The molecule has 0 aliphatic heterocycles. The van der Waals surface area contributed by atoms with Gasteiger partial charge in [-0.1, -0.05) is 80.6 Å². The lowest BCUT2D eigenvalue weighted by Crippen LogP contribution is -2.22. The Balaban J connectivity index is 0.000000164. The molecule has 0 saturated heterocycles. The molecule has 186 valence electrons. The van der Waals surface area contributed by atoms with Gasteiger partial charge in [-0.05, 0) is 59.1 Å². The summed E-state index contributed by atoms with van der Waals surface area (Å²) in [5, 5.41) is 2.67. The first-order chi connectivity index (χ1) is 18.4. The number of benzene rings is 2. The van der Waals surface area contributed by atoms with Crippen molar-refractivity contribution in [3.05, 3.63) is 140 Å². The number of rotatable bonds is 6. The van der Waals surface area contributed by atoms with Crippen LogP contribution in [0.3, 0.4) is 0 Å². The molecule has 4 heterocycles. The Bertz CT molecular complexity index is 1200. The van der Waals surface area contributed by atoms with Gasteiger partial charge in [-0.25, -0.2) is 0 Å². The Morgan fingerprint density at radius 1 is 0.459 bits per heavy atom. The third-order valence-corrected chi connectivity index (χ3v) is 9.52. The van der Waals surface area contributed by atoms with E-state index in [1.807, 2.05) is 62.5 Å². The first-order valence-electron chi connectivity index (χ1n) is 12.1. The van der Waals surface area contributed by atoms with Crippen LogP contribution in [-0.4, -0.2) is 4.98 Å². The van der Waals surface area contributed by atoms with Crippen LogP contribution in [0.2, 0.25) is 0 Å². The van der Waals surface area contributed by atoms with Gasteiger partial charge in [-0.3, -0.25) is 4.98 Å². The molecule has 0 bridgehead atoms. The molecule has 0 spiro atoms. The quantitative estimate of drug-likeness (QED) is 0.247. The van der Waals surface area contributed by atoms with Crippen molar-refractivity contribution in [1.82, 2.24) is 4.98 Å². The smallest absolute Gasteiger partial charge is 0.140 e. The predicted octanol–water partition coefficient (Wildman–Crippen LogP) is 6.09. The van der Waals surface area contributed by atoms with E-state index in [9.17, 15) is 0 Å². The first kappa shape index (κ1) is 26.4. The summed E-state index contributed by atoms with van der Waals surface area (Å²) in [6, 6.07) is 38.8. The molecule has 4 nitrogen and oxygen atoms in total. The fourth-order valence-corrected chi connectivity index (χ4v) is 7.61. The summed E-state index contributed by atoms with van der Waals surface area (Å²) in [6.07, 6.45) is 6.86. The van der Waals surface area contributed by atoms with Crippen LogP contribution in [-0.2, 0) is 0 Å². The van der Waals surface area contributed by atoms with Gasteiger partial charge in [0.15, 0.2) is 0 Å². The largest absolute Gasteiger partial charge is 0.464 e. The fraction of sp³-hybridized carbons (Fsp3) is 0.0645. The van der Waals surface area contributed by atoms with Gasteiger partial charge in [0, 0.05) is 14.1 Å². The number of hydrogen-bond acceptors (Lipinski definition) is 4. The number of furan rings is 3. The van der Waals surface area contributed by atoms with E-state index < -0.39 is 15.8 Å². The molecule has 0 fully saturated rings. The van der Waals surface area contributed by atoms with Gasteiger partial charge in [0.1, 0.15) is 24.4 Å². The highest BCUT2D eigenvalue weighted by Gasteiger charge is 2.24. The molecular weight excluding hydrogens is 496 g/mol. The van der Waals surface area contributed by atoms with E-state index >= 15 is 0 Å². The topological polar surface area (TPSA) is 52.3 Å². The van der Waals surface area contributed by atoms with Crippen molar-refractivity contribution in [2.75, 3.05) is 0 Å². The van der Waals surface area contributed by atoms with Gasteiger partial charge in [0.05, 0.1) is 24.2 Å². The fourth-order valence-electron chi connectivity index (χ4n) is 3.57. The van der Waals surface area contributed by atoms with Crippen molar-refractivity contribution >= 4 is 48.4 Å². The lowest BCUT2D eigenvalue weighted by Gasteiger charge is -2.17. The van der Waals surface area contributed by atoms with Gasteiger partial charge >= 0.3 is 0 Å². The molecule has 0 aliphatic carbocycles. The minimum atomic E-state index is -0.835. The first-order valence-corrected chi connectivity index (χ1v) is 14.8. The molecular formula is C31H29NO3P2. The second-order valence-electron chi connectivity index (χ2n) is 7.38. The molecule has 0 aliphatic rings. The van der Waals surface area contributed by atoms with Crippen molar-refractivity contribution in [3.63, 3.8) is 0 Å². The van der Waals surface area contributed by atoms with Crippen molar-refractivity contribution in [1.29, 1.82) is 0 Å². The van der Waals surface area contributed by atoms with Crippen LogP contribution < -0.4 is 32.5 Å². The molecule has 6 heteroatoms. The SMILES string of the molecule is CC.c1ccc(P(c2ccccc2)c2ccccn2)cc1.c1coc(P(c2ccco2)c2ccco2)c1. The Morgan fingerprint density at radius 2 is 0.892 bits per heavy atom. The number of nitrogens with zero attached hydrogens (tertiary/aromatic N) is 1. The second kappa shape index (κ2) is 14.1. The van der Waals surface area contributed by atoms with Crippen LogP contribution >= 0.6 is 15.8 Å². The zero-order valence-electron chi connectivity index (χ0n) is 20.8. The molecule has 0 atom stereocenters. The molecule has 0 N–H and O–H groups in total. The van der Waals surface area contributed by atoms with Gasteiger partial charge in [-0.15, -0.1) is 0 Å². The van der Waals surface area contributed by atoms with Crippen LogP contribution in [0.4, 0.5) is 0 Å². The second-order valence-corrected chi connectivity index (χ2v) is 11.5. The minimum Gasteiger partial charge on any atom is -0.464 e. The average molecular weight is 526 g/mol. The lowest BCUT2D eigenvalue weighted by molar-refractivity contribution is 0.584. The summed E-state index contributed by atoms with van der Waals surface area (Å²) in [6.45, 7) is 4.00. The summed E-state index contributed by atoms with van der Waals surface area (Å²) >= 11 is 0. The molecule has 37 heavy (non-hydrogen) atoms. The van der Waals surface area contributed by atoms with Crippen LogP contribution in [0.15, 0.2) is 153 Å². The Labute approximate surface area is 220 Å². The zero-order valence-corrected chi connectivity index (χ0v) is 22.6. The maximum absolute atomic E-state index is 5.45. The zero-order chi connectivity index (χ0) is 25.7. The molecule has 6 rings (SSSR count). The Kier molecular flexibility index (Phi) is 10.1. The van der Waals surface area contributed by atoms with Crippen molar-refractivity contribution in [3.8, 4) is 0 Å². The summed E-state index contributed by atoms with van der Waals surface area (Å²) in [4.78, 5) is 4.56. The molecule has 0 radical (unpaired) electrons. The monoisotopic (exact) mass is 525 g/mol. The normalized spacial score (nSPS) is 10.4. The average Bonchev–Trinajstić information content (AvgIpc) is 3.78. The number of hydrogen-bond donors (Lipinski definition) is 0. The van der Waals surface area contributed by atoms with E-state index in [0.717, 1.165) is 21.9 Å². The standard InChI is InChI=1S/C17H14NP.C12H9O3P.C2H6/c1-3-9-15(10-4-1)19(16-11-5-2-6-12-16)17-13-7-8-14-18-17;1-4-10(13-7-1)16(11-5-2-8-14-11)12-6-3-9-15-12;1-2/h1-14H;1-9H;1-2H3. The number of pyridine rings is 1. The van der Waals surface area contributed by atoms with Gasteiger partial charge in [0.2, 0.25) is 0 Å². The molecule has 0 unspecified atom stereocenters. The van der Waals surface area contributed by atoms with Crippen LogP contribution in [0, 0.1) is 0 Å². The van der Waals surface area contributed by atoms with E-state index in [4.69, 9.17) is 13.3 Å². The predicted molar refractivity (Wildman–Crippen MR) is 156 cm³/mol. The minimum absolute atomic E-state index is 0.557. The number of aromatic nitrogens is 1. The van der Waals surface area contributed by atoms with Gasteiger partial charge < -0.3 is 13.3 Å². The summed E-state index contributed by atoms with van der Waals surface area (Å²) in [5.41, 5.74) is 3.77. The highest BCUT2D eigenvalue weighted by atomic mass is 31.1. The summed E-state index contributed by atoms with van der Waals surface area (Å²) in [5.74, 6) is 0. The Morgan fingerprint density at radius 3 is 1.24 bits per heavy atom. The molecule has 0 saturated carbocycles. The van der Waals surface area contributed by atoms with Crippen LogP contribution in [0.1, 0.15) is 13.8 Å². The van der Waals surface area contributed by atoms with E-state index in [-0.39, 0.29) is 0 Å². The third kappa shape index (κ3) is 6.95. The van der Waals surface area contributed by atoms with Crippen molar-refractivity contribution in [2.45, 2.75) is 13.8 Å². The van der Waals surface area contributed by atoms with Gasteiger partial charge in [-0.2, -0.15) is 0 Å². The lowest BCUT2D eigenvalue weighted by atomic mass is 10.4. The molecule has 4 aromatic heterocycles. The van der Waals surface area contributed by atoms with E-state index in [1.54, 1.807) is 18.8 Å². The van der Waals surface area contributed by atoms with Crippen LogP contribution in [0.5, 0.6) is 0 Å². The Hall–Kier alpha value is -3.71. The highest BCUT2D eigenvalue weighted by Crippen LogP contribution is 2.33. The van der Waals surface area contributed by atoms with Crippen LogP contribution in [0.25, 0.3) is 0 Å². The summed E-state index contributed by atoms with van der Waals surface area (Å²) < 4.78 is 16.4. The molecule has 6 aromatic rings. The van der Waals surface area contributed by atoms with Crippen molar-refractivity contribution in [2.24, 2.45) is 0 Å². The maximum Gasteiger partial charge on any atom is 0.140 e. The third-order valence-electron chi connectivity index (χ3n) is 5.09. The van der Waals surface area contributed by atoms with E-state index in [0.29, 0.717) is 0 Å². The van der Waals surface area contributed by atoms with E-state index in [1.165, 1.54) is 10.6 Å². The van der Waals surface area contributed by atoms with E-state index in [2.05, 4.69) is 77.8 Å². The maximum atomic E-state index is 5.45. The highest BCUT2D eigenvalue weighted by molar-refractivity contribution is 7.79.